The summed E-state index contributed by atoms with van der Waals surface area (Å²) in [4.78, 5) is 12.0. The first-order valence-electron chi connectivity index (χ1n) is 6.90. The minimum Gasteiger partial charge on any atom is -0.458 e. The molecule has 0 spiro atoms. The van der Waals surface area contributed by atoms with Crippen molar-refractivity contribution in [2.45, 2.75) is 13.0 Å². The standard InChI is InChI=1S/C16H16N2O4/c1-10-7-12(18-22-10)16(19)17-9-15(20-2)14-8-11-5-3-4-6-13(11)21-14/h3-8,15H,9H2,1-2H3,(H,17,19)/t15-/m1/s1. The molecule has 0 aliphatic heterocycles. The van der Waals surface area contributed by atoms with Gasteiger partial charge in [-0.25, -0.2) is 0 Å². The van der Waals surface area contributed by atoms with Gasteiger partial charge in [0.25, 0.3) is 5.91 Å². The number of aryl methyl sites for hydroxylation is 1. The zero-order valence-electron chi connectivity index (χ0n) is 12.3. The van der Waals surface area contributed by atoms with Crippen LogP contribution in [0.2, 0.25) is 0 Å². The number of methoxy groups -OCH3 is 1. The molecule has 2 heterocycles. The minimum absolute atomic E-state index is 0.247. The molecule has 1 aromatic carbocycles. The van der Waals surface area contributed by atoms with Crippen LogP contribution in [0.3, 0.4) is 0 Å². The number of nitrogens with one attached hydrogen (secondary N) is 1. The maximum absolute atomic E-state index is 12.0. The molecule has 114 valence electrons. The fraction of sp³-hybridized carbons (Fsp3) is 0.250. The lowest BCUT2D eigenvalue weighted by Crippen LogP contribution is -2.29. The number of nitrogens with zero attached hydrogens (tertiary/aromatic N) is 1. The van der Waals surface area contributed by atoms with E-state index in [9.17, 15) is 4.79 Å². The van der Waals surface area contributed by atoms with Crippen LogP contribution in [-0.2, 0) is 4.74 Å². The third-order valence-corrected chi connectivity index (χ3v) is 3.36. The van der Waals surface area contributed by atoms with E-state index in [0.717, 1.165) is 11.0 Å². The van der Waals surface area contributed by atoms with Gasteiger partial charge >= 0.3 is 0 Å². The van der Waals surface area contributed by atoms with Crippen LogP contribution in [0.25, 0.3) is 11.0 Å². The van der Waals surface area contributed by atoms with E-state index in [0.29, 0.717) is 11.5 Å². The molecule has 0 fully saturated rings. The van der Waals surface area contributed by atoms with E-state index < -0.39 is 0 Å². The van der Waals surface area contributed by atoms with Crippen molar-refractivity contribution in [3.63, 3.8) is 0 Å². The zero-order valence-corrected chi connectivity index (χ0v) is 12.3. The van der Waals surface area contributed by atoms with E-state index in [1.807, 2.05) is 30.3 Å². The number of rotatable bonds is 5. The monoisotopic (exact) mass is 300 g/mol. The second-order valence-electron chi connectivity index (χ2n) is 4.94. The number of carbonyl (C=O) groups is 1. The Balaban J connectivity index is 1.70. The summed E-state index contributed by atoms with van der Waals surface area (Å²) in [5.74, 6) is 0.945. The molecule has 0 unspecified atom stereocenters. The average Bonchev–Trinajstić information content (AvgIpc) is 3.13. The third kappa shape index (κ3) is 2.87. The maximum atomic E-state index is 12.0. The number of benzene rings is 1. The van der Waals surface area contributed by atoms with Crippen LogP contribution < -0.4 is 5.32 Å². The number of hydrogen-bond donors (Lipinski definition) is 1. The maximum Gasteiger partial charge on any atom is 0.273 e. The van der Waals surface area contributed by atoms with Crippen LogP contribution in [0.15, 0.2) is 45.3 Å². The first kappa shape index (κ1) is 14.3. The number of para-hydroxylation sites is 1. The highest BCUT2D eigenvalue weighted by atomic mass is 16.5. The van der Waals surface area contributed by atoms with Crippen LogP contribution in [0.1, 0.15) is 28.1 Å². The van der Waals surface area contributed by atoms with Gasteiger partial charge in [0.05, 0.1) is 6.54 Å². The topological polar surface area (TPSA) is 77.5 Å². The molecular weight excluding hydrogens is 284 g/mol. The number of aromatic nitrogens is 1. The Kier molecular flexibility index (Phi) is 3.93. The highest BCUT2D eigenvalue weighted by Crippen LogP contribution is 2.25. The number of fused-ring (bicyclic) bond motifs is 1. The minimum atomic E-state index is -0.371. The summed E-state index contributed by atoms with van der Waals surface area (Å²) in [7, 11) is 1.57. The van der Waals surface area contributed by atoms with E-state index in [1.54, 1.807) is 20.1 Å². The highest BCUT2D eigenvalue weighted by molar-refractivity contribution is 5.92. The van der Waals surface area contributed by atoms with Crippen molar-refractivity contribution < 1.29 is 18.5 Å². The molecule has 1 atom stereocenters. The molecule has 0 saturated heterocycles. The van der Waals surface area contributed by atoms with Crippen LogP contribution in [0.5, 0.6) is 0 Å². The van der Waals surface area contributed by atoms with Gasteiger partial charge in [-0.3, -0.25) is 4.79 Å². The van der Waals surface area contributed by atoms with Crippen LogP contribution in [0, 0.1) is 6.92 Å². The quantitative estimate of drug-likeness (QED) is 0.784. The second-order valence-corrected chi connectivity index (χ2v) is 4.94. The molecule has 3 aromatic rings. The van der Waals surface area contributed by atoms with E-state index in [4.69, 9.17) is 13.7 Å². The Hall–Kier alpha value is -2.60. The average molecular weight is 300 g/mol. The van der Waals surface area contributed by atoms with Gasteiger partial charge < -0.3 is 19.0 Å². The van der Waals surface area contributed by atoms with Crippen molar-refractivity contribution in [2.75, 3.05) is 13.7 Å². The fourth-order valence-corrected chi connectivity index (χ4v) is 2.21. The number of amides is 1. The Bertz CT molecular complexity index is 757. The first-order chi connectivity index (χ1) is 10.7. The molecule has 2 aromatic heterocycles. The van der Waals surface area contributed by atoms with Crippen molar-refractivity contribution in [1.82, 2.24) is 10.5 Å². The Morgan fingerprint density at radius 2 is 2.18 bits per heavy atom. The molecule has 1 N–H and O–H groups in total. The van der Waals surface area contributed by atoms with Crippen LogP contribution in [-0.4, -0.2) is 24.7 Å². The molecule has 6 nitrogen and oxygen atoms in total. The summed E-state index contributed by atoms with van der Waals surface area (Å²) < 4.78 is 16.0. The Morgan fingerprint density at radius 1 is 1.36 bits per heavy atom. The predicted octanol–water partition coefficient (Wildman–Crippen LogP) is 2.85. The van der Waals surface area contributed by atoms with E-state index >= 15 is 0 Å². The zero-order chi connectivity index (χ0) is 15.5. The molecule has 22 heavy (non-hydrogen) atoms. The first-order valence-corrected chi connectivity index (χ1v) is 6.90. The number of furan rings is 1. The molecule has 0 radical (unpaired) electrons. The van der Waals surface area contributed by atoms with Gasteiger partial charge in [-0.1, -0.05) is 23.4 Å². The molecule has 1 amide bonds. The lowest BCUT2D eigenvalue weighted by atomic mass is 10.2. The summed E-state index contributed by atoms with van der Waals surface area (Å²) >= 11 is 0. The smallest absolute Gasteiger partial charge is 0.273 e. The fourth-order valence-electron chi connectivity index (χ4n) is 2.21. The molecule has 0 bridgehead atoms. The normalized spacial score (nSPS) is 12.5. The van der Waals surface area contributed by atoms with Crippen LogP contribution >= 0.6 is 0 Å². The lowest BCUT2D eigenvalue weighted by Gasteiger charge is -2.12. The molecule has 0 aliphatic carbocycles. The van der Waals surface area contributed by atoms with Gasteiger partial charge in [0.2, 0.25) is 0 Å². The summed E-state index contributed by atoms with van der Waals surface area (Å²) in [6.45, 7) is 2.01. The molecule has 0 aliphatic rings. The van der Waals surface area contributed by atoms with Crippen molar-refractivity contribution >= 4 is 16.9 Å². The SMILES string of the molecule is CO[C@H](CNC(=O)c1cc(C)on1)c1cc2ccccc2o1. The Morgan fingerprint density at radius 3 is 2.86 bits per heavy atom. The summed E-state index contributed by atoms with van der Waals surface area (Å²) in [5.41, 5.74) is 1.04. The van der Waals surface area contributed by atoms with Gasteiger partial charge in [-0.05, 0) is 19.1 Å². The van der Waals surface area contributed by atoms with E-state index in [-0.39, 0.29) is 24.2 Å². The molecular formula is C16H16N2O4. The Labute approximate surface area is 127 Å². The van der Waals surface area contributed by atoms with Crippen LogP contribution in [0.4, 0.5) is 0 Å². The summed E-state index contributed by atoms with van der Waals surface area (Å²) in [6, 6.07) is 11.2. The van der Waals surface area contributed by atoms with E-state index in [1.165, 1.54) is 0 Å². The van der Waals surface area contributed by atoms with Gasteiger partial charge in [0.1, 0.15) is 23.2 Å². The second kappa shape index (κ2) is 6.03. The van der Waals surface area contributed by atoms with Gasteiger partial charge in [0, 0.05) is 18.6 Å². The largest absolute Gasteiger partial charge is 0.458 e. The number of hydrogen-bond acceptors (Lipinski definition) is 5. The van der Waals surface area contributed by atoms with Crippen molar-refractivity contribution in [3.05, 3.63) is 53.6 Å². The highest BCUT2D eigenvalue weighted by Gasteiger charge is 2.18. The van der Waals surface area contributed by atoms with Gasteiger partial charge in [-0.15, -0.1) is 0 Å². The molecule has 3 rings (SSSR count). The molecule has 6 heteroatoms. The number of carbonyl (C=O) groups excluding carboxylic acids is 1. The van der Waals surface area contributed by atoms with Gasteiger partial charge in [0.15, 0.2) is 5.69 Å². The summed E-state index contributed by atoms with van der Waals surface area (Å²) in [5, 5.41) is 7.43. The third-order valence-electron chi connectivity index (χ3n) is 3.36. The van der Waals surface area contributed by atoms with Crippen molar-refractivity contribution in [2.24, 2.45) is 0 Å². The van der Waals surface area contributed by atoms with Crippen molar-refractivity contribution in [3.8, 4) is 0 Å². The summed E-state index contributed by atoms with van der Waals surface area (Å²) in [6.07, 6.45) is -0.371. The van der Waals surface area contributed by atoms with Gasteiger partial charge in [-0.2, -0.15) is 0 Å². The molecule has 0 saturated carbocycles. The van der Waals surface area contributed by atoms with Crippen molar-refractivity contribution in [1.29, 1.82) is 0 Å². The van der Waals surface area contributed by atoms with E-state index in [2.05, 4.69) is 10.5 Å². The predicted molar refractivity (Wildman–Crippen MR) is 79.5 cm³/mol. The lowest BCUT2D eigenvalue weighted by molar-refractivity contribution is 0.0742. The number of ether oxygens (including phenoxy) is 1.